The highest BCUT2D eigenvalue weighted by Gasteiger charge is 2.15. The van der Waals surface area contributed by atoms with Crippen LogP contribution in [-0.4, -0.2) is 24.0 Å². The summed E-state index contributed by atoms with van der Waals surface area (Å²) in [5, 5.41) is 9.07. The second-order valence-corrected chi connectivity index (χ2v) is 8.46. The largest absolute Gasteiger partial charge is 0.494 e. The van der Waals surface area contributed by atoms with Gasteiger partial charge < -0.3 is 9.84 Å². The number of Topliss-reactive ketones (excluding diaryl/α,β-unsaturated/α-hetero) is 1. The molecule has 31 heavy (non-hydrogen) atoms. The van der Waals surface area contributed by atoms with E-state index in [0.717, 1.165) is 10.0 Å². The van der Waals surface area contributed by atoms with Gasteiger partial charge in [0.15, 0.2) is 17.3 Å². The number of methoxy groups -OCH3 is 1. The van der Waals surface area contributed by atoms with Gasteiger partial charge in [-0.1, -0.05) is 46.3 Å². The number of ether oxygens (including phenoxy) is 1. The Hall–Kier alpha value is -2.90. The first-order valence-electron chi connectivity index (χ1n) is 9.18. The number of ketones is 1. The van der Waals surface area contributed by atoms with Crippen LogP contribution in [0.4, 0.5) is 4.39 Å². The molecule has 158 valence electrons. The standard InChI is InChI=1S/C24H18BrFO4S/c1-30-21-12-16(4-11-20(21)26)13-22(31-14-15-2-9-19(25)10-3-15)23(27)17-5-7-18(8-6-17)24(28)29/h2-13H,14H2,1H3,(H,28,29)/b22-13+. The summed E-state index contributed by atoms with van der Waals surface area (Å²) in [6.07, 6.45) is 1.68. The van der Waals surface area contributed by atoms with E-state index in [1.807, 2.05) is 24.3 Å². The first kappa shape index (κ1) is 22.8. The number of allylic oxidation sites excluding steroid dienone is 1. The molecule has 7 heteroatoms. The van der Waals surface area contributed by atoms with Gasteiger partial charge in [-0.05, 0) is 53.6 Å². The highest BCUT2D eigenvalue weighted by atomic mass is 79.9. The van der Waals surface area contributed by atoms with Crippen molar-refractivity contribution in [3.63, 3.8) is 0 Å². The van der Waals surface area contributed by atoms with Crippen molar-refractivity contribution in [2.75, 3.05) is 7.11 Å². The number of carboxylic acids is 1. The van der Waals surface area contributed by atoms with Gasteiger partial charge in [0.25, 0.3) is 0 Å². The van der Waals surface area contributed by atoms with Crippen molar-refractivity contribution >= 4 is 45.5 Å². The number of aromatic carboxylic acids is 1. The van der Waals surface area contributed by atoms with E-state index in [4.69, 9.17) is 9.84 Å². The van der Waals surface area contributed by atoms with Gasteiger partial charge in [-0.3, -0.25) is 4.79 Å². The van der Waals surface area contributed by atoms with E-state index < -0.39 is 11.8 Å². The van der Waals surface area contributed by atoms with Gasteiger partial charge in [-0.15, -0.1) is 11.8 Å². The molecule has 0 saturated carbocycles. The second-order valence-electron chi connectivity index (χ2n) is 6.53. The van der Waals surface area contributed by atoms with Crippen molar-refractivity contribution in [2.24, 2.45) is 0 Å². The summed E-state index contributed by atoms with van der Waals surface area (Å²) in [7, 11) is 1.38. The van der Waals surface area contributed by atoms with E-state index in [2.05, 4.69) is 15.9 Å². The number of halogens is 2. The van der Waals surface area contributed by atoms with Crippen LogP contribution in [0.1, 0.15) is 31.8 Å². The number of rotatable bonds is 8. The second kappa shape index (κ2) is 10.4. The van der Waals surface area contributed by atoms with Crippen molar-refractivity contribution in [3.8, 4) is 5.75 Å². The van der Waals surface area contributed by atoms with E-state index in [1.54, 1.807) is 12.1 Å². The van der Waals surface area contributed by atoms with Gasteiger partial charge in [0.1, 0.15) is 0 Å². The molecule has 0 aliphatic heterocycles. The average Bonchev–Trinajstić information content (AvgIpc) is 2.78. The lowest BCUT2D eigenvalue weighted by atomic mass is 10.1. The van der Waals surface area contributed by atoms with Crippen LogP contribution >= 0.6 is 27.7 Å². The number of hydrogen-bond donors (Lipinski definition) is 1. The van der Waals surface area contributed by atoms with Crippen LogP contribution in [0.5, 0.6) is 5.75 Å². The molecule has 0 amide bonds. The van der Waals surface area contributed by atoms with Gasteiger partial charge >= 0.3 is 5.97 Å². The molecule has 4 nitrogen and oxygen atoms in total. The first-order valence-corrected chi connectivity index (χ1v) is 11.0. The molecule has 0 aliphatic rings. The van der Waals surface area contributed by atoms with Crippen molar-refractivity contribution in [1.82, 2.24) is 0 Å². The molecule has 3 aromatic carbocycles. The van der Waals surface area contributed by atoms with Gasteiger partial charge in [-0.25, -0.2) is 9.18 Å². The zero-order valence-electron chi connectivity index (χ0n) is 16.5. The smallest absolute Gasteiger partial charge is 0.335 e. The topological polar surface area (TPSA) is 63.6 Å². The normalized spacial score (nSPS) is 11.3. The highest BCUT2D eigenvalue weighted by molar-refractivity contribution is 9.10. The van der Waals surface area contributed by atoms with Crippen molar-refractivity contribution in [3.05, 3.63) is 104 Å². The Morgan fingerprint density at radius 1 is 1.03 bits per heavy atom. The Kier molecular flexibility index (Phi) is 7.65. The van der Waals surface area contributed by atoms with Gasteiger partial charge in [-0.2, -0.15) is 0 Å². The molecule has 0 spiro atoms. The molecular weight excluding hydrogens is 483 g/mol. The number of carbonyl (C=O) groups excluding carboxylic acids is 1. The van der Waals surface area contributed by atoms with E-state index in [-0.39, 0.29) is 17.1 Å². The molecule has 0 heterocycles. The molecule has 0 unspecified atom stereocenters. The minimum Gasteiger partial charge on any atom is -0.494 e. The first-order chi connectivity index (χ1) is 14.9. The minimum atomic E-state index is -1.06. The molecule has 3 rings (SSSR count). The maximum Gasteiger partial charge on any atom is 0.335 e. The maximum atomic E-state index is 13.8. The predicted molar refractivity (Wildman–Crippen MR) is 124 cm³/mol. The Labute approximate surface area is 191 Å². The Balaban J connectivity index is 1.93. The van der Waals surface area contributed by atoms with E-state index in [9.17, 15) is 14.0 Å². The average molecular weight is 501 g/mol. The van der Waals surface area contributed by atoms with Crippen LogP contribution in [0.3, 0.4) is 0 Å². The van der Waals surface area contributed by atoms with Crippen molar-refractivity contribution in [1.29, 1.82) is 0 Å². The Morgan fingerprint density at radius 2 is 1.68 bits per heavy atom. The lowest BCUT2D eigenvalue weighted by Crippen LogP contribution is -2.03. The summed E-state index contributed by atoms with van der Waals surface area (Å²) >= 11 is 4.75. The quantitative estimate of drug-likeness (QED) is 0.284. The van der Waals surface area contributed by atoms with Crippen LogP contribution in [0.25, 0.3) is 6.08 Å². The molecule has 3 aromatic rings. The lowest BCUT2D eigenvalue weighted by Gasteiger charge is -2.09. The third-order valence-electron chi connectivity index (χ3n) is 4.40. The van der Waals surface area contributed by atoms with Crippen LogP contribution in [0.2, 0.25) is 0 Å². The zero-order valence-corrected chi connectivity index (χ0v) is 18.9. The van der Waals surface area contributed by atoms with Crippen LogP contribution < -0.4 is 4.74 Å². The van der Waals surface area contributed by atoms with E-state index in [1.165, 1.54) is 55.3 Å². The van der Waals surface area contributed by atoms with Crippen LogP contribution in [0.15, 0.2) is 76.1 Å². The molecule has 0 fully saturated rings. The number of benzene rings is 3. The van der Waals surface area contributed by atoms with E-state index >= 15 is 0 Å². The number of carboxylic acid groups (broad SMARTS) is 1. The monoisotopic (exact) mass is 500 g/mol. The maximum absolute atomic E-state index is 13.8. The molecule has 0 atom stereocenters. The third-order valence-corrected chi connectivity index (χ3v) is 6.02. The SMILES string of the molecule is COc1cc(/C=C(/SCc2ccc(Br)cc2)C(=O)c2ccc(C(=O)O)cc2)ccc1F. The molecule has 0 bridgehead atoms. The molecule has 0 radical (unpaired) electrons. The molecule has 0 aliphatic carbocycles. The van der Waals surface area contributed by atoms with Crippen LogP contribution in [-0.2, 0) is 5.75 Å². The van der Waals surface area contributed by atoms with Crippen molar-refractivity contribution < 1.29 is 23.8 Å². The fraction of sp³-hybridized carbons (Fsp3) is 0.0833. The summed E-state index contributed by atoms with van der Waals surface area (Å²) < 4.78 is 19.8. The summed E-state index contributed by atoms with van der Waals surface area (Å²) in [6.45, 7) is 0. The van der Waals surface area contributed by atoms with Gasteiger partial charge in [0.2, 0.25) is 0 Å². The summed E-state index contributed by atoms with van der Waals surface area (Å²) in [5.41, 5.74) is 2.12. The van der Waals surface area contributed by atoms with E-state index in [0.29, 0.717) is 21.8 Å². The number of carbonyl (C=O) groups is 2. The molecule has 0 saturated heterocycles. The lowest BCUT2D eigenvalue weighted by molar-refractivity contribution is 0.0696. The fourth-order valence-electron chi connectivity index (χ4n) is 2.74. The summed E-state index contributed by atoms with van der Waals surface area (Å²) in [5.74, 6) is -1.15. The Bertz CT molecular complexity index is 1130. The zero-order chi connectivity index (χ0) is 22.4. The molecule has 0 aromatic heterocycles. The fourth-order valence-corrected chi connectivity index (χ4v) is 3.99. The van der Waals surface area contributed by atoms with Gasteiger partial charge in [0.05, 0.1) is 17.6 Å². The van der Waals surface area contributed by atoms with Crippen LogP contribution in [0, 0.1) is 5.82 Å². The highest BCUT2D eigenvalue weighted by Crippen LogP contribution is 2.29. The third kappa shape index (κ3) is 6.06. The molecular formula is C24H18BrFO4S. The predicted octanol–water partition coefficient (Wildman–Crippen LogP) is 6.45. The Morgan fingerprint density at radius 3 is 2.29 bits per heavy atom. The summed E-state index contributed by atoms with van der Waals surface area (Å²) in [6, 6.07) is 17.9. The number of thioether (sulfide) groups is 1. The number of hydrogen-bond acceptors (Lipinski definition) is 4. The minimum absolute atomic E-state index is 0.0873. The summed E-state index contributed by atoms with van der Waals surface area (Å²) in [4.78, 5) is 24.7. The van der Waals surface area contributed by atoms with Crippen molar-refractivity contribution in [2.45, 2.75) is 5.75 Å². The molecule has 1 N–H and O–H groups in total. The van der Waals surface area contributed by atoms with Gasteiger partial charge in [0, 0.05) is 15.8 Å².